The van der Waals surface area contributed by atoms with Crippen LogP contribution in [0.2, 0.25) is 0 Å². The topological polar surface area (TPSA) is 66.8 Å². The Labute approximate surface area is 170 Å². The van der Waals surface area contributed by atoms with Gasteiger partial charge in [-0.05, 0) is 66.0 Å². The van der Waals surface area contributed by atoms with Crippen molar-refractivity contribution in [1.29, 1.82) is 0 Å². The molecule has 1 saturated carbocycles. The lowest BCUT2D eigenvalue weighted by molar-refractivity contribution is -0.136. The zero-order chi connectivity index (χ0) is 20.2. The summed E-state index contributed by atoms with van der Waals surface area (Å²) in [6.07, 6.45) is 5.60. The van der Waals surface area contributed by atoms with Crippen LogP contribution in [-0.2, 0) is 11.2 Å². The first-order chi connectivity index (χ1) is 14.1. The van der Waals surface area contributed by atoms with Gasteiger partial charge in [0.1, 0.15) is 11.5 Å². The van der Waals surface area contributed by atoms with Crippen LogP contribution < -0.4 is 4.74 Å². The SMILES string of the molecule is O=C(O)CCc1ccc(OCC2CCCC2)c(-c2ccc3c(O)cccc3c2)c1. The maximum atomic E-state index is 11.0. The monoisotopic (exact) mass is 390 g/mol. The second kappa shape index (κ2) is 8.56. The Morgan fingerprint density at radius 3 is 2.66 bits per heavy atom. The summed E-state index contributed by atoms with van der Waals surface area (Å²) < 4.78 is 6.23. The number of aromatic hydroxyl groups is 1. The summed E-state index contributed by atoms with van der Waals surface area (Å²) in [5, 5.41) is 20.9. The number of rotatable bonds is 7. The number of phenolic OH excluding ortho intramolecular Hbond substituents is 1. The molecule has 0 aliphatic heterocycles. The molecule has 0 unspecified atom stereocenters. The van der Waals surface area contributed by atoms with Crippen LogP contribution in [0, 0.1) is 5.92 Å². The van der Waals surface area contributed by atoms with E-state index in [0.29, 0.717) is 12.3 Å². The van der Waals surface area contributed by atoms with Crippen LogP contribution in [-0.4, -0.2) is 22.8 Å². The number of phenols is 1. The summed E-state index contributed by atoms with van der Waals surface area (Å²) in [4.78, 5) is 11.0. The molecule has 0 spiro atoms. The molecule has 29 heavy (non-hydrogen) atoms. The Bertz CT molecular complexity index is 1020. The zero-order valence-corrected chi connectivity index (χ0v) is 16.4. The van der Waals surface area contributed by atoms with Crippen molar-refractivity contribution in [1.82, 2.24) is 0 Å². The van der Waals surface area contributed by atoms with E-state index in [1.165, 1.54) is 25.7 Å². The van der Waals surface area contributed by atoms with Crippen molar-refractivity contribution in [2.24, 2.45) is 5.92 Å². The highest BCUT2D eigenvalue weighted by molar-refractivity contribution is 5.92. The van der Waals surface area contributed by atoms with Crippen molar-refractivity contribution >= 4 is 16.7 Å². The lowest BCUT2D eigenvalue weighted by atomic mass is 9.97. The van der Waals surface area contributed by atoms with Gasteiger partial charge in [0.15, 0.2) is 0 Å². The number of benzene rings is 3. The first kappa shape index (κ1) is 19.3. The van der Waals surface area contributed by atoms with Crippen LogP contribution in [0.3, 0.4) is 0 Å². The van der Waals surface area contributed by atoms with Crippen LogP contribution in [0.15, 0.2) is 54.6 Å². The van der Waals surface area contributed by atoms with Gasteiger partial charge in [0.05, 0.1) is 6.61 Å². The van der Waals surface area contributed by atoms with E-state index in [1.807, 2.05) is 48.5 Å². The average molecular weight is 390 g/mol. The maximum Gasteiger partial charge on any atom is 0.303 e. The summed E-state index contributed by atoms with van der Waals surface area (Å²) in [6.45, 7) is 0.718. The van der Waals surface area contributed by atoms with E-state index in [9.17, 15) is 9.90 Å². The molecule has 1 aliphatic carbocycles. The van der Waals surface area contributed by atoms with Crippen molar-refractivity contribution in [2.45, 2.75) is 38.5 Å². The Kier molecular flexibility index (Phi) is 5.70. The van der Waals surface area contributed by atoms with Gasteiger partial charge in [0, 0.05) is 17.4 Å². The van der Waals surface area contributed by atoms with Gasteiger partial charge in [-0.2, -0.15) is 0 Å². The van der Waals surface area contributed by atoms with Gasteiger partial charge in [0.25, 0.3) is 0 Å². The number of ether oxygens (including phenoxy) is 1. The molecule has 3 aromatic rings. The molecule has 0 radical (unpaired) electrons. The highest BCUT2D eigenvalue weighted by Crippen LogP contribution is 2.36. The average Bonchev–Trinajstić information content (AvgIpc) is 3.24. The fraction of sp³-hybridized carbons (Fsp3) is 0.320. The van der Waals surface area contributed by atoms with Crippen molar-refractivity contribution in [2.75, 3.05) is 6.61 Å². The number of fused-ring (bicyclic) bond motifs is 1. The molecule has 0 bridgehead atoms. The molecule has 4 nitrogen and oxygen atoms in total. The standard InChI is InChI=1S/C25H26O4/c26-23-7-3-6-19-15-20(10-11-21(19)23)22-14-17(9-13-25(27)28)8-12-24(22)29-16-18-4-1-2-5-18/h3,6-8,10-12,14-15,18,26H,1-2,4-5,9,13,16H2,(H,27,28). The molecule has 3 aromatic carbocycles. The van der Waals surface area contributed by atoms with Gasteiger partial charge in [-0.25, -0.2) is 0 Å². The van der Waals surface area contributed by atoms with Gasteiger partial charge in [0.2, 0.25) is 0 Å². The summed E-state index contributed by atoms with van der Waals surface area (Å²) in [7, 11) is 0. The third-order valence-electron chi connectivity index (χ3n) is 5.79. The quantitative estimate of drug-likeness (QED) is 0.535. The van der Waals surface area contributed by atoms with E-state index < -0.39 is 5.97 Å². The minimum atomic E-state index is -0.797. The van der Waals surface area contributed by atoms with Crippen LogP contribution >= 0.6 is 0 Å². The van der Waals surface area contributed by atoms with Crippen LogP contribution in [0.5, 0.6) is 11.5 Å². The lowest BCUT2D eigenvalue weighted by Gasteiger charge is -2.16. The fourth-order valence-corrected chi connectivity index (χ4v) is 4.15. The summed E-state index contributed by atoms with van der Waals surface area (Å²) in [6, 6.07) is 17.4. The smallest absolute Gasteiger partial charge is 0.303 e. The molecule has 1 fully saturated rings. The van der Waals surface area contributed by atoms with Crippen molar-refractivity contribution < 1.29 is 19.7 Å². The molecule has 1 aliphatic rings. The first-order valence-corrected chi connectivity index (χ1v) is 10.3. The maximum absolute atomic E-state index is 11.0. The number of hydrogen-bond acceptors (Lipinski definition) is 3. The third kappa shape index (κ3) is 4.53. The zero-order valence-electron chi connectivity index (χ0n) is 16.4. The van der Waals surface area contributed by atoms with E-state index in [2.05, 4.69) is 0 Å². The van der Waals surface area contributed by atoms with Gasteiger partial charge in [-0.15, -0.1) is 0 Å². The molecule has 0 saturated heterocycles. The molecule has 4 rings (SSSR count). The number of carbonyl (C=O) groups is 1. The van der Waals surface area contributed by atoms with Crippen LogP contribution in [0.25, 0.3) is 21.9 Å². The van der Waals surface area contributed by atoms with E-state index in [1.54, 1.807) is 6.07 Å². The number of carboxylic acids is 1. The highest BCUT2D eigenvalue weighted by Gasteiger charge is 2.17. The number of aryl methyl sites for hydroxylation is 1. The van der Waals surface area contributed by atoms with Crippen molar-refractivity contribution in [3.8, 4) is 22.6 Å². The Morgan fingerprint density at radius 2 is 1.86 bits per heavy atom. The molecular formula is C25H26O4. The summed E-state index contributed by atoms with van der Waals surface area (Å²) in [5.41, 5.74) is 2.95. The molecule has 0 aromatic heterocycles. The number of hydrogen-bond donors (Lipinski definition) is 2. The first-order valence-electron chi connectivity index (χ1n) is 10.3. The number of carboxylic acid groups (broad SMARTS) is 1. The van der Waals surface area contributed by atoms with E-state index in [4.69, 9.17) is 9.84 Å². The highest BCUT2D eigenvalue weighted by atomic mass is 16.5. The number of aliphatic carboxylic acids is 1. The van der Waals surface area contributed by atoms with Gasteiger partial charge >= 0.3 is 5.97 Å². The van der Waals surface area contributed by atoms with E-state index >= 15 is 0 Å². The lowest BCUT2D eigenvalue weighted by Crippen LogP contribution is -2.09. The van der Waals surface area contributed by atoms with Crippen molar-refractivity contribution in [3.05, 3.63) is 60.2 Å². The minimum Gasteiger partial charge on any atom is -0.507 e. The molecule has 0 atom stereocenters. The fourth-order valence-electron chi connectivity index (χ4n) is 4.15. The second-order valence-electron chi connectivity index (χ2n) is 7.90. The van der Waals surface area contributed by atoms with Crippen molar-refractivity contribution in [3.63, 3.8) is 0 Å². The van der Waals surface area contributed by atoms with Crippen LogP contribution in [0.4, 0.5) is 0 Å². The Morgan fingerprint density at radius 1 is 1.03 bits per heavy atom. The molecular weight excluding hydrogens is 364 g/mol. The molecule has 2 N–H and O–H groups in total. The molecule has 0 amide bonds. The normalized spacial score (nSPS) is 14.3. The Balaban J connectivity index is 1.68. The molecule has 4 heteroatoms. The van der Waals surface area contributed by atoms with Gasteiger partial charge < -0.3 is 14.9 Å². The predicted molar refractivity (Wildman–Crippen MR) is 114 cm³/mol. The third-order valence-corrected chi connectivity index (χ3v) is 5.79. The largest absolute Gasteiger partial charge is 0.507 e. The summed E-state index contributed by atoms with van der Waals surface area (Å²) >= 11 is 0. The Hall–Kier alpha value is -3.01. The predicted octanol–water partition coefficient (Wildman–Crippen LogP) is 5.80. The molecule has 150 valence electrons. The van der Waals surface area contributed by atoms with Gasteiger partial charge in [-0.1, -0.05) is 43.2 Å². The van der Waals surface area contributed by atoms with Crippen LogP contribution in [0.1, 0.15) is 37.7 Å². The minimum absolute atomic E-state index is 0.104. The van der Waals surface area contributed by atoms with Gasteiger partial charge in [-0.3, -0.25) is 4.79 Å². The molecule has 0 heterocycles. The van der Waals surface area contributed by atoms with E-state index in [0.717, 1.165) is 39.8 Å². The van der Waals surface area contributed by atoms with E-state index in [-0.39, 0.29) is 12.2 Å². The summed E-state index contributed by atoms with van der Waals surface area (Å²) in [5.74, 6) is 0.912. The second-order valence-corrected chi connectivity index (χ2v) is 7.90.